The van der Waals surface area contributed by atoms with Gasteiger partial charge < -0.3 is 0 Å². The summed E-state index contributed by atoms with van der Waals surface area (Å²) in [5.41, 5.74) is 1.28. The Balaban J connectivity index is 2.21. The SMILES string of the molecule is CC(C)CCc1ccc(S(=O)(=O)Nc2cccc(S(=O)(=O)N(C)C)c2)cc1. The molecule has 0 amide bonds. The first-order chi connectivity index (χ1) is 12.5. The third-order valence-corrected chi connectivity index (χ3v) is 7.32. The Labute approximate surface area is 162 Å². The van der Waals surface area contributed by atoms with Crippen molar-refractivity contribution in [3.63, 3.8) is 0 Å². The lowest BCUT2D eigenvalue weighted by atomic mass is 10.0. The second-order valence-electron chi connectivity index (χ2n) is 7.00. The van der Waals surface area contributed by atoms with E-state index in [0.717, 1.165) is 22.7 Å². The van der Waals surface area contributed by atoms with Crippen molar-refractivity contribution >= 4 is 25.7 Å². The standard InChI is InChI=1S/C19H26N2O4S2/c1-15(2)8-9-16-10-12-18(13-11-16)26(22,23)20-17-6-5-7-19(14-17)27(24,25)21(3)4/h5-7,10-15,20H,8-9H2,1-4H3. The van der Waals surface area contributed by atoms with Crippen LogP contribution in [0.1, 0.15) is 25.8 Å². The minimum atomic E-state index is -3.80. The smallest absolute Gasteiger partial charge is 0.261 e. The van der Waals surface area contributed by atoms with Gasteiger partial charge in [0.15, 0.2) is 0 Å². The molecular weight excluding hydrogens is 384 g/mol. The molecule has 2 aromatic carbocycles. The number of sulfonamides is 2. The second kappa shape index (κ2) is 8.41. The summed E-state index contributed by atoms with van der Waals surface area (Å²) >= 11 is 0. The average molecular weight is 411 g/mol. The first-order valence-corrected chi connectivity index (χ1v) is 11.6. The molecule has 0 aliphatic heterocycles. The van der Waals surface area contributed by atoms with E-state index in [2.05, 4.69) is 18.6 Å². The van der Waals surface area contributed by atoms with Crippen LogP contribution in [0.2, 0.25) is 0 Å². The van der Waals surface area contributed by atoms with Gasteiger partial charge in [-0.1, -0.05) is 32.0 Å². The Morgan fingerprint density at radius 2 is 1.56 bits per heavy atom. The summed E-state index contributed by atoms with van der Waals surface area (Å²) in [6.07, 6.45) is 1.94. The Hall–Kier alpha value is -1.90. The molecule has 27 heavy (non-hydrogen) atoms. The highest BCUT2D eigenvalue weighted by molar-refractivity contribution is 7.92. The van der Waals surface area contributed by atoms with Crippen LogP contribution < -0.4 is 4.72 Å². The number of benzene rings is 2. The first-order valence-electron chi connectivity index (χ1n) is 8.67. The highest BCUT2D eigenvalue weighted by Crippen LogP contribution is 2.21. The quantitative estimate of drug-likeness (QED) is 0.723. The van der Waals surface area contributed by atoms with E-state index in [0.29, 0.717) is 5.92 Å². The highest BCUT2D eigenvalue weighted by Gasteiger charge is 2.19. The number of nitrogens with zero attached hydrogens (tertiary/aromatic N) is 1. The van der Waals surface area contributed by atoms with Gasteiger partial charge in [0.05, 0.1) is 15.5 Å². The molecule has 0 atom stereocenters. The molecule has 0 heterocycles. The molecule has 6 nitrogen and oxygen atoms in total. The van der Waals surface area contributed by atoms with E-state index >= 15 is 0 Å². The second-order valence-corrected chi connectivity index (χ2v) is 10.8. The Morgan fingerprint density at radius 3 is 2.11 bits per heavy atom. The fourth-order valence-corrected chi connectivity index (χ4v) is 4.43. The van der Waals surface area contributed by atoms with Gasteiger partial charge >= 0.3 is 0 Å². The Morgan fingerprint density at radius 1 is 0.926 bits per heavy atom. The zero-order valence-electron chi connectivity index (χ0n) is 16.0. The molecule has 0 radical (unpaired) electrons. The van der Waals surface area contributed by atoms with E-state index in [1.54, 1.807) is 12.1 Å². The van der Waals surface area contributed by atoms with Crippen LogP contribution in [0.3, 0.4) is 0 Å². The van der Waals surface area contributed by atoms with Crippen molar-refractivity contribution in [2.75, 3.05) is 18.8 Å². The molecule has 0 spiro atoms. The molecule has 8 heteroatoms. The van der Waals surface area contributed by atoms with Crippen LogP contribution >= 0.6 is 0 Å². The number of nitrogens with one attached hydrogen (secondary N) is 1. The maximum Gasteiger partial charge on any atom is 0.261 e. The van der Waals surface area contributed by atoms with Crippen LogP contribution in [0.25, 0.3) is 0 Å². The monoisotopic (exact) mass is 410 g/mol. The normalized spacial score (nSPS) is 12.5. The minimum Gasteiger partial charge on any atom is -0.280 e. The molecule has 2 aromatic rings. The van der Waals surface area contributed by atoms with E-state index in [-0.39, 0.29) is 15.5 Å². The zero-order chi connectivity index (χ0) is 20.2. The minimum absolute atomic E-state index is 0.0248. The van der Waals surface area contributed by atoms with Crippen molar-refractivity contribution in [2.45, 2.75) is 36.5 Å². The fraction of sp³-hybridized carbons (Fsp3) is 0.368. The number of aryl methyl sites for hydroxylation is 1. The number of hydrogen-bond acceptors (Lipinski definition) is 4. The van der Waals surface area contributed by atoms with Gasteiger partial charge in [0.1, 0.15) is 0 Å². The summed E-state index contributed by atoms with van der Waals surface area (Å²) in [7, 11) is -4.60. The summed E-state index contributed by atoms with van der Waals surface area (Å²) in [5.74, 6) is 0.584. The van der Waals surface area contributed by atoms with Gasteiger partial charge in [0.2, 0.25) is 10.0 Å². The molecule has 148 valence electrons. The maximum absolute atomic E-state index is 12.6. The molecular formula is C19H26N2O4S2. The van der Waals surface area contributed by atoms with Crippen LogP contribution in [0.4, 0.5) is 5.69 Å². The lowest BCUT2D eigenvalue weighted by molar-refractivity contribution is 0.521. The first kappa shape index (κ1) is 21.4. The van der Waals surface area contributed by atoms with Crippen molar-refractivity contribution < 1.29 is 16.8 Å². The topological polar surface area (TPSA) is 83.5 Å². The molecule has 0 saturated carbocycles. The number of hydrogen-bond donors (Lipinski definition) is 1. The van der Waals surface area contributed by atoms with E-state index in [1.165, 1.54) is 38.4 Å². The Kier molecular flexibility index (Phi) is 6.67. The van der Waals surface area contributed by atoms with Crippen molar-refractivity contribution in [3.05, 3.63) is 54.1 Å². The molecule has 1 N–H and O–H groups in total. The molecule has 0 aliphatic carbocycles. The average Bonchev–Trinajstić information content (AvgIpc) is 2.60. The summed E-state index contributed by atoms with van der Waals surface area (Å²) in [6, 6.07) is 12.5. The van der Waals surface area contributed by atoms with Crippen LogP contribution in [0.15, 0.2) is 58.3 Å². The van der Waals surface area contributed by atoms with Gasteiger partial charge in [0.25, 0.3) is 10.0 Å². The van der Waals surface area contributed by atoms with E-state index in [4.69, 9.17) is 0 Å². The van der Waals surface area contributed by atoms with Crippen LogP contribution in [-0.4, -0.2) is 35.2 Å². The summed E-state index contributed by atoms with van der Waals surface area (Å²) in [4.78, 5) is 0.161. The van der Waals surface area contributed by atoms with Crippen molar-refractivity contribution in [2.24, 2.45) is 5.92 Å². The lowest BCUT2D eigenvalue weighted by Gasteiger charge is -2.13. The zero-order valence-corrected chi connectivity index (χ0v) is 17.6. The molecule has 0 aromatic heterocycles. The van der Waals surface area contributed by atoms with Crippen molar-refractivity contribution in [1.82, 2.24) is 4.31 Å². The maximum atomic E-state index is 12.6. The van der Waals surface area contributed by atoms with Crippen molar-refractivity contribution in [3.8, 4) is 0 Å². The summed E-state index contributed by atoms with van der Waals surface area (Å²) < 4.78 is 53.2. The molecule has 0 unspecified atom stereocenters. The van der Waals surface area contributed by atoms with E-state index in [1.807, 2.05) is 12.1 Å². The summed E-state index contributed by atoms with van der Waals surface area (Å²) in [6.45, 7) is 4.29. The predicted octanol–water partition coefficient (Wildman–Crippen LogP) is 3.33. The van der Waals surface area contributed by atoms with E-state index < -0.39 is 20.0 Å². The molecule has 0 saturated heterocycles. The molecule has 0 aliphatic rings. The molecule has 0 bridgehead atoms. The van der Waals surface area contributed by atoms with Crippen LogP contribution in [0, 0.1) is 5.92 Å². The highest BCUT2D eigenvalue weighted by atomic mass is 32.2. The fourth-order valence-electron chi connectivity index (χ4n) is 2.44. The van der Waals surface area contributed by atoms with Gasteiger partial charge in [-0.3, -0.25) is 4.72 Å². The predicted molar refractivity (Wildman–Crippen MR) is 108 cm³/mol. The summed E-state index contributed by atoms with van der Waals surface area (Å²) in [5, 5.41) is 0. The molecule has 0 fully saturated rings. The van der Waals surface area contributed by atoms with Crippen molar-refractivity contribution in [1.29, 1.82) is 0 Å². The third kappa shape index (κ3) is 5.54. The number of rotatable bonds is 8. The van der Waals surface area contributed by atoms with Gasteiger partial charge in [-0.25, -0.2) is 21.1 Å². The number of anilines is 1. The largest absolute Gasteiger partial charge is 0.280 e. The third-order valence-electron chi connectivity index (χ3n) is 4.11. The van der Waals surface area contributed by atoms with Crippen LogP contribution in [0.5, 0.6) is 0 Å². The van der Waals surface area contributed by atoms with E-state index in [9.17, 15) is 16.8 Å². The van der Waals surface area contributed by atoms with Gasteiger partial charge in [0, 0.05) is 14.1 Å². The molecule has 2 rings (SSSR count). The van der Waals surface area contributed by atoms with Gasteiger partial charge in [-0.2, -0.15) is 0 Å². The van der Waals surface area contributed by atoms with Crippen LogP contribution in [-0.2, 0) is 26.5 Å². The lowest BCUT2D eigenvalue weighted by Crippen LogP contribution is -2.22. The Bertz CT molecular complexity index is 981. The van der Waals surface area contributed by atoms with Gasteiger partial charge in [-0.05, 0) is 54.7 Å². The van der Waals surface area contributed by atoms with Gasteiger partial charge in [-0.15, -0.1) is 0 Å².